The minimum Gasteiger partial charge on any atom is -0.383 e. The van der Waals surface area contributed by atoms with Crippen molar-refractivity contribution in [2.45, 2.75) is 25.4 Å². The standard InChI is InChI=1S/C20H19FN6O/c21-15-8-12(7-14(9-15)20(28)26-16-3-4-16)1-2-13-10-27(6-5-22)19-17(13)18(23)24-11-25-19/h7-11,16H,3-6,22H2,(H,26,28)(H2,23,24,25). The lowest BCUT2D eigenvalue weighted by Gasteiger charge is -2.04. The van der Waals surface area contributed by atoms with E-state index in [1.54, 1.807) is 12.3 Å². The van der Waals surface area contributed by atoms with Gasteiger partial charge >= 0.3 is 0 Å². The third kappa shape index (κ3) is 3.66. The average molecular weight is 378 g/mol. The molecule has 7 nitrogen and oxygen atoms in total. The molecule has 0 aliphatic heterocycles. The molecule has 2 heterocycles. The van der Waals surface area contributed by atoms with E-state index >= 15 is 0 Å². The fourth-order valence-electron chi connectivity index (χ4n) is 2.98. The van der Waals surface area contributed by atoms with Gasteiger partial charge in [0.2, 0.25) is 0 Å². The quantitative estimate of drug-likeness (QED) is 0.594. The van der Waals surface area contributed by atoms with Crippen LogP contribution in [0.4, 0.5) is 10.2 Å². The highest BCUT2D eigenvalue weighted by atomic mass is 19.1. The molecular weight excluding hydrogens is 359 g/mol. The van der Waals surface area contributed by atoms with Crippen molar-refractivity contribution in [3.8, 4) is 11.8 Å². The number of benzene rings is 1. The molecule has 8 heteroatoms. The molecule has 0 spiro atoms. The maximum Gasteiger partial charge on any atom is 0.251 e. The number of hydrogen-bond acceptors (Lipinski definition) is 5. The summed E-state index contributed by atoms with van der Waals surface area (Å²) >= 11 is 0. The number of carbonyl (C=O) groups is 1. The van der Waals surface area contributed by atoms with Gasteiger partial charge in [-0.2, -0.15) is 0 Å². The van der Waals surface area contributed by atoms with Crippen molar-refractivity contribution in [2.24, 2.45) is 5.73 Å². The fourth-order valence-corrected chi connectivity index (χ4v) is 2.98. The van der Waals surface area contributed by atoms with Crippen LogP contribution in [0.2, 0.25) is 0 Å². The number of nitrogens with one attached hydrogen (secondary N) is 1. The van der Waals surface area contributed by atoms with E-state index in [-0.39, 0.29) is 17.5 Å². The number of fused-ring (bicyclic) bond motifs is 1. The van der Waals surface area contributed by atoms with Crippen molar-refractivity contribution in [2.75, 3.05) is 12.3 Å². The Balaban J connectivity index is 1.71. The molecule has 28 heavy (non-hydrogen) atoms. The normalized spacial score (nSPS) is 13.2. The first-order valence-electron chi connectivity index (χ1n) is 8.98. The summed E-state index contributed by atoms with van der Waals surface area (Å²) in [5.74, 6) is 5.43. The molecule has 0 unspecified atom stereocenters. The number of nitrogens with zero attached hydrogens (tertiary/aromatic N) is 3. The Morgan fingerprint density at radius 1 is 1.29 bits per heavy atom. The predicted octanol–water partition coefficient (Wildman–Crippen LogP) is 1.40. The molecule has 5 N–H and O–H groups in total. The molecule has 0 saturated heterocycles. The Bertz CT molecular complexity index is 1120. The highest BCUT2D eigenvalue weighted by Gasteiger charge is 2.24. The van der Waals surface area contributed by atoms with E-state index in [4.69, 9.17) is 11.5 Å². The van der Waals surface area contributed by atoms with Gasteiger partial charge in [0.25, 0.3) is 5.91 Å². The molecule has 142 valence electrons. The van der Waals surface area contributed by atoms with Crippen molar-refractivity contribution < 1.29 is 9.18 Å². The first-order valence-corrected chi connectivity index (χ1v) is 8.98. The van der Waals surface area contributed by atoms with Gasteiger partial charge in [-0.05, 0) is 31.0 Å². The van der Waals surface area contributed by atoms with Crippen LogP contribution >= 0.6 is 0 Å². The maximum absolute atomic E-state index is 14.0. The fraction of sp³-hybridized carbons (Fsp3) is 0.250. The monoisotopic (exact) mass is 378 g/mol. The third-order valence-electron chi connectivity index (χ3n) is 4.47. The van der Waals surface area contributed by atoms with Crippen molar-refractivity contribution >= 4 is 22.8 Å². The Labute approximate surface area is 160 Å². The lowest BCUT2D eigenvalue weighted by Crippen LogP contribution is -2.25. The molecular formula is C20H19FN6O. The minimum atomic E-state index is -0.513. The number of carbonyl (C=O) groups excluding carboxylic acids is 1. The number of anilines is 1. The molecule has 1 saturated carbocycles. The van der Waals surface area contributed by atoms with Gasteiger partial charge in [-0.15, -0.1) is 0 Å². The maximum atomic E-state index is 14.0. The summed E-state index contributed by atoms with van der Waals surface area (Å²) in [6.07, 6.45) is 5.11. The smallest absolute Gasteiger partial charge is 0.251 e. The van der Waals surface area contributed by atoms with E-state index in [1.165, 1.54) is 18.5 Å². The van der Waals surface area contributed by atoms with Crippen LogP contribution < -0.4 is 16.8 Å². The SMILES string of the molecule is NCCn1cc(C#Cc2cc(F)cc(C(=O)NC3CC3)c2)c2c(N)ncnc21. The predicted molar refractivity (Wildman–Crippen MR) is 104 cm³/mol. The Hall–Kier alpha value is -3.44. The van der Waals surface area contributed by atoms with Crippen molar-refractivity contribution in [3.63, 3.8) is 0 Å². The van der Waals surface area contributed by atoms with E-state index in [2.05, 4.69) is 27.1 Å². The molecule has 1 fully saturated rings. The van der Waals surface area contributed by atoms with Crippen LogP contribution in [0.25, 0.3) is 11.0 Å². The molecule has 4 rings (SSSR count). The van der Waals surface area contributed by atoms with Crippen LogP contribution in [0.1, 0.15) is 34.3 Å². The molecule has 1 aliphatic rings. The zero-order valence-electron chi connectivity index (χ0n) is 15.1. The molecule has 1 aliphatic carbocycles. The largest absolute Gasteiger partial charge is 0.383 e. The van der Waals surface area contributed by atoms with Gasteiger partial charge in [0.05, 0.1) is 10.9 Å². The summed E-state index contributed by atoms with van der Waals surface area (Å²) < 4.78 is 15.8. The van der Waals surface area contributed by atoms with Crippen LogP contribution in [-0.2, 0) is 6.54 Å². The first-order chi connectivity index (χ1) is 13.5. The van der Waals surface area contributed by atoms with Crippen LogP contribution in [0.3, 0.4) is 0 Å². The second-order valence-electron chi connectivity index (χ2n) is 6.71. The Morgan fingerprint density at radius 3 is 2.86 bits per heavy atom. The highest BCUT2D eigenvalue weighted by molar-refractivity contribution is 5.95. The van der Waals surface area contributed by atoms with Gasteiger partial charge in [-0.25, -0.2) is 14.4 Å². The Morgan fingerprint density at radius 2 is 2.11 bits per heavy atom. The summed E-state index contributed by atoms with van der Waals surface area (Å²) in [4.78, 5) is 20.5. The van der Waals surface area contributed by atoms with Crippen molar-refractivity contribution in [1.82, 2.24) is 19.9 Å². The van der Waals surface area contributed by atoms with Gasteiger partial charge in [0.15, 0.2) is 0 Å². The summed E-state index contributed by atoms with van der Waals surface area (Å²) in [6.45, 7) is 0.990. The van der Waals surface area contributed by atoms with Gasteiger partial charge in [-0.3, -0.25) is 4.79 Å². The number of amides is 1. The summed E-state index contributed by atoms with van der Waals surface area (Å²) in [6, 6.07) is 4.27. The lowest BCUT2D eigenvalue weighted by molar-refractivity contribution is 0.0950. The number of aromatic nitrogens is 3. The van der Waals surface area contributed by atoms with E-state index in [9.17, 15) is 9.18 Å². The third-order valence-corrected chi connectivity index (χ3v) is 4.47. The van der Waals surface area contributed by atoms with Crippen molar-refractivity contribution in [3.05, 3.63) is 53.2 Å². The number of halogens is 1. The first kappa shape index (κ1) is 17.9. The molecule has 1 aromatic carbocycles. The number of hydrogen-bond donors (Lipinski definition) is 3. The number of nitrogens with two attached hydrogens (primary N) is 2. The molecule has 1 amide bonds. The highest BCUT2D eigenvalue weighted by Crippen LogP contribution is 2.23. The summed E-state index contributed by atoms with van der Waals surface area (Å²) in [5.41, 5.74) is 13.6. The lowest BCUT2D eigenvalue weighted by atomic mass is 10.1. The molecule has 2 aromatic heterocycles. The topological polar surface area (TPSA) is 112 Å². The zero-order chi connectivity index (χ0) is 19.7. The molecule has 3 aromatic rings. The second-order valence-corrected chi connectivity index (χ2v) is 6.71. The van der Waals surface area contributed by atoms with Crippen LogP contribution in [0.15, 0.2) is 30.7 Å². The van der Waals surface area contributed by atoms with Gasteiger partial charge < -0.3 is 21.4 Å². The number of rotatable bonds is 4. The minimum absolute atomic E-state index is 0.196. The number of nitrogen functional groups attached to an aromatic ring is 1. The average Bonchev–Trinajstić information content (AvgIpc) is 3.41. The van der Waals surface area contributed by atoms with Crippen LogP contribution in [-0.4, -0.2) is 33.0 Å². The van der Waals surface area contributed by atoms with Gasteiger partial charge in [-0.1, -0.05) is 11.8 Å². The van der Waals surface area contributed by atoms with E-state index < -0.39 is 5.82 Å². The second kappa shape index (κ2) is 7.29. The molecule has 0 radical (unpaired) electrons. The van der Waals surface area contributed by atoms with Crippen molar-refractivity contribution in [1.29, 1.82) is 0 Å². The molecule has 0 atom stereocenters. The van der Waals surface area contributed by atoms with E-state index in [0.29, 0.717) is 41.1 Å². The van der Waals surface area contributed by atoms with E-state index in [0.717, 1.165) is 12.8 Å². The van der Waals surface area contributed by atoms with E-state index in [1.807, 2.05) is 4.57 Å². The summed E-state index contributed by atoms with van der Waals surface area (Å²) in [7, 11) is 0. The van der Waals surface area contributed by atoms with Crippen LogP contribution in [0.5, 0.6) is 0 Å². The Kier molecular flexibility index (Phi) is 4.67. The van der Waals surface area contributed by atoms with Gasteiger partial charge in [0.1, 0.15) is 23.6 Å². The van der Waals surface area contributed by atoms with Gasteiger partial charge in [0, 0.05) is 36.5 Å². The summed E-state index contributed by atoms with van der Waals surface area (Å²) in [5, 5.41) is 3.48. The zero-order valence-corrected chi connectivity index (χ0v) is 15.1. The molecule has 0 bridgehead atoms. The van der Waals surface area contributed by atoms with Crippen LogP contribution in [0, 0.1) is 17.7 Å².